The number of methoxy groups -OCH3 is 1. The molecule has 2 amide bonds. The summed E-state index contributed by atoms with van der Waals surface area (Å²) in [4.78, 5) is 23.7. The van der Waals surface area contributed by atoms with Gasteiger partial charge in [0.05, 0.1) is 19.8 Å². The average Bonchev–Trinajstić information content (AvgIpc) is 2.35. The average molecular weight is 261 g/mol. The summed E-state index contributed by atoms with van der Waals surface area (Å²) < 4.78 is 10.00. The molecular weight excluding hydrogens is 242 g/mol. The molecule has 0 aromatic rings. The van der Waals surface area contributed by atoms with Gasteiger partial charge in [0.2, 0.25) is 0 Å². The van der Waals surface area contributed by atoms with E-state index in [0.29, 0.717) is 32.9 Å². The Balaban J connectivity index is 2.43. The van der Waals surface area contributed by atoms with Crippen molar-refractivity contribution in [3.63, 3.8) is 0 Å². The van der Waals surface area contributed by atoms with Crippen LogP contribution in [-0.2, 0) is 14.3 Å². The standard InChI is InChI=1S/C10H19N3O5/c1-17-5-2-12(8-9(14)15)10(16)11-13-3-6-18-7-4-13/h2-8H2,1H3,(H,11,16)(H,14,15). The van der Waals surface area contributed by atoms with E-state index >= 15 is 0 Å². The van der Waals surface area contributed by atoms with Gasteiger partial charge in [-0.1, -0.05) is 0 Å². The van der Waals surface area contributed by atoms with Gasteiger partial charge in [-0.25, -0.2) is 9.80 Å². The van der Waals surface area contributed by atoms with Crippen LogP contribution in [0.15, 0.2) is 0 Å². The van der Waals surface area contributed by atoms with Crippen LogP contribution >= 0.6 is 0 Å². The van der Waals surface area contributed by atoms with E-state index in [2.05, 4.69) is 5.43 Å². The summed E-state index contributed by atoms with van der Waals surface area (Å²) in [7, 11) is 1.50. The summed E-state index contributed by atoms with van der Waals surface area (Å²) in [6.45, 7) is 2.48. The second kappa shape index (κ2) is 7.85. The van der Waals surface area contributed by atoms with Gasteiger partial charge in [0, 0.05) is 26.7 Å². The molecule has 1 aliphatic rings. The predicted molar refractivity (Wildman–Crippen MR) is 62.0 cm³/mol. The Labute approximate surface area is 105 Å². The fourth-order valence-electron chi connectivity index (χ4n) is 1.50. The Morgan fingerprint density at radius 1 is 1.44 bits per heavy atom. The number of urea groups is 1. The van der Waals surface area contributed by atoms with Crippen molar-refractivity contribution in [2.45, 2.75) is 0 Å². The lowest BCUT2D eigenvalue weighted by molar-refractivity contribution is -0.137. The van der Waals surface area contributed by atoms with Crippen LogP contribution in [0.2, 0.25) is 0 Å². The molecule has 1 heterocycles. The van der Waals surface area contributed by atoms with Crippen LogP contribution in [0.25, 0.3) is 0 Å². The molecule has 0 aromatic heterocycles. The van der Waals surface area contributed by atoms with Crippen LogP contribution in [0.5, 0.6) is 0 Å². The Morgan fingerprint density at radius 2 is 2.11 bits per heavy atom. The zero-order valence-electron chi connectivity index (χ0n) is 10.4. The van der Waals surface area contributed by atoms with Crippen LogP contribution in [-0.4, -0.2) is 80.1 Å². The van der Waals surface area contributed by atoms with Crippen molar-refractivity contribution in [3.8, 4) is 0 Å². The molecule has 0 spiro atoms. The number of amides is 2. The van der Waals surface area contributed by atoms with Gasteiger partial charge < -0.3 is 19.5 Å². The largest absolute Gasteiger partial charge is 0.480 e. The van der Waals surface area contributed by atoms with E-state index in [9.17, 15) is 9.59 Å². The molecule has 1 rings (SSSR count). The molecule has 0 aliphatic carbocycles. The zero-order chi connectivity index (χ0) is 13.4. The molecule has 0 bridgehead atoms. The van der Waals surface area contributed by atoms with Gasteiger partial charge in [0.1, 0.15) is 6.54 Å². The molecule has 1 saturated heterocycles. The van der Waals surface area contributed by atoms with E-state index in [-0.39, 0.29) is 13.1 Å². The number of hydrazine groups is 1. The quantitative estimate of drug-likeness (QED) is 0.635. The maximum absolute atomic E-state index is 11.9. The predicted octanol–water partition coefficient (Wildman–Crippen LogP) is -1.02. The highest BCUT2D eigenvalue weighted by Crippen LogP contribution is 1.96. The molecule has 1 fully saturated rings. The Morgan fingerprint density at radius 3 is 2.67 bits per heavy atom. The van der Waals surface area contributed by atoms with E-state index in [1.54, 1.807) is 5.01 Å². The fraction of sp³-hybridized carbons (Fsp3) is 0.800. The molecule has 104 valence electrons. The van der Waals surface area contributed by atoms with E-state index < -0.39 is 12.0 Å². The smallest absolute Gasteiger partial charge is 0.332 e. The first kappa shape index (κ1) is 14.7. The van der Waals surface area contributed by atoms with Crippen molar-refractivity contribution in [2.24, 2.45) is 0 Å². The first-order valence-electron chi connectivity index (χ1n) is 5.72. The summed E-state index contributed by atoms with van der Waals surface area (Å²) in [5.74, 6) is -1.05. The van der Waals surface area contributed by atoms with E-state index in [4.69, 9.17) is 14.6 Å². The maximum Gasteiger partial charge on any atom is 0.332 e. The second-order valence-electron chi connectivity index (χ2n) is 3.82. The first-order valence-corrected chi connectivity index (χ1v) is 5.72. The molecule has 0 radical (unpaired) electrons. The molecule has 8 nitrogen and oxygen atoms in total. The highest BCUT2D eigenvalue weighted by Gasteiger charge is 2.19. The lowest BCUT2D eigenvalue weighted by Gasteiger charge is -2.30. The van der Waals surface area contributed by atoms with E-state index in [0.717, 1.165) is 0 Å². The van der Waals surface area contributed by atoms with Crippen molar-refractivity contribution in [1.29, 1.82) is 0 Å². The number of carboxylic acids is 1. The van der Waals surface area contributed by atoms with Crippen LogP contribution < -0.4 is 5.43 Å². The number of carbonyl (C=O) groups excluding carboxylic acids is 1. The molecule has 1 aliphatic heterocycles. The number of hydrogen-bond donors (Lipinski definition) is 2. The van der Waals surface area contributed by atoms with Crippen molar-refractivity contribution >= 4 is 12.0 Å². The lowest BCUT2D eigenvalue weighted by Crippen LogP contribution is -2.54. The Bertz CT molecular complexity index is 281. The summed E-state index contributed by atoms with van der Waals surface area (Å²) in [5.41, 5.74) is 2.65. The number of carbonyl (C=O) groups is 2. The number of hydrogen-bond acceptors (Lipinski definition) is 5. The molecular formula is C10H19N3O5. The first-order chi connectivity index (χ1) is 8.63. The third-order valence-corrected chi connectivity index (χ3v) is 2.44. The van der Waals surface area contributed by atoms with Gasteiger partial charge in [0.15, 0.2) is 0 Å². The second-order valence-corrected chi connectivity index (χ2v) is 3.82. The molecule has 18 heavy (non-hydrogen) atoms. The summed E-state index contributed by atoms with van der Waals surface area (Å²) in [6.07, 6.45) is 0. The van der Waals surface area contributed by atoms with Gasteiger partial charge in [-0.2, -0.15) is 0 Å². The molecule has 0 unspecified atom stereocenters. The SMILES string of the molecule is COCCN(CC(=O)O)C(=O)NN1CCOCC1. The highest BCUT2D eigenvalue weighted by atomic mass is 16.5. The molecule has 0 atom stereocenters. The van der Waals surface area contributed by atoms with Gasteiger partial charge in [0.25, 0.3) is 0 Å². The third kappa shape index (κ3) is 5.30. The number of aliphatic carboxylic acids is 1. The van der Waals surface area contributed by atoms with Crippen molar-refractivity contribution in [2.75, 3.05) is 53.1 Å². The van der Waals surface area contributed by atoms with Gasteiger partial charge in [-0.3, -0.25) is 10.2 Å². The molecule has 2 N–H and O–H groups in total. The number of nitrogens with zero attached hydrogens (tertiary/aromatic N) is 2. The van der Waals surface area contributed by atoms with Crippen LogP contribution in [0.3, 0.4) is 0 Å². The molecule has 8 heteroatoms. The Hall–Kier alpha value is -1.38. The van der Waals surface area contributed by atoms with E-state index in [1.807, 2.05) is 0 Å². The summed E-state index contributed by atoms with van der Waals surface area (Å²) >= 11 is 0. The lowest BCUT2D eigenvalue weighted by atomic mass is 10.5. The van der Waals surface area contributed by atoms with Gasteiger partial charge in [-0.05, 0) is 0 Å². The number of morpholine rings is 1. The minimum atomic E-state index is -1.05. The fourth-order valence-corrected chi connectivity index (χ4v) is 1.50. The number of ether oxygens (including phenoxy) is 2. The van der Waals surface area contributed by atoms with Crippen LogP contribution in [0.1, 0.15) is 0 Å². The minimum Gasteiger partial charge on any atom is -0.480 e. The number of rotatable bonds is 6. The minimum absolute atomic E-state index is 0.235. The van der Waals surface area contributed by atoms with Crippen molar-refractivity contribution in [3.05, 3.63) is 0 Å². The summed E-state index contributed by atoms with van der Waals surface area (Å²) in [6, 6.07) is -0.434. The number of nitrogens with one attached hydrogen (secondary N) is 1. The van der Waals surface area contributed by atoms with Crippen LogP contribution in [0.4, 0.5) is 4.79 Å². The van der Waals surface area contributed by atoms with E-state index in [1.165, 1.54) is 12.0 Å². The molecule has 0 aromatic carbocycles. The topological polar surface area (TPSA) is 91.3 Å². The highest BCUT2D eigenvalue weighted by molar-refractivity contribution is 5.79. The normalized spacial score (nSPS) is 16.3. The van der Waals surface area contributed by atoms with Crippen molar-refractivity contribution < 1.29 is 24.2 Å². The monoisotopic (exact) mass is 261 g/mol. The third-order valence-electron chi connectivity index (χ3n) is 2.44. The molecule has 0 saturated carbocycles. The van der Waals surface area contributed by atoms with Crippen molar-refractivity contribution in [1.82, 2.24) is 15.3 Å². The Kier molecular flexibility index (Phi) is 6.40. The van der Waals surface area contributed by atoms with Crippen LogP contribution in [0, 0.1) is 0 Å². The van der Waals surface area contributed by atoms with Gasteiger partial charge >= 0.3 is 12.0 Å². The van der Waals surface area contributed by atoms with Gasteiger partial charge in [-0.15, -0.1) is 0 Å². The zero-order valence-corrected chi connectivity index (χ0v) is 10.4. The summed E-state index contributed by atoms with van der Waals surface area (Å²) in [5, 5.41) is 10.5. The maximum atomic E-state index is 11.9. The number of carboxylic acid groups (broad SMARTS) is 1.